The van der Waals surface area contributed by atoms with Gasteiger partial charge >= 0.3 is 6.18 Å². The second-order valence-corrected chi connectivity index (χ2v) is 5.49. The van der Waals surface area contributed by atoms with E-state index in [1.807, 2.05) is 6.08 Å². The molecule has 2 aliphatic heterocycles. The number of hydrogen-bond donors (Lipinski definition) is 1. The van der Waals surface area contributed by atoms with Crippen LogP contribution in [0.25, 0.3) is 5.57 Å². The summed E-state index contributed by atoms with van der Waals surface area (Å²) in [4.78, 5) is 0. The van der Waals surface area contributed by atoms with Gasteiger partial charge in [0.1, 0.15) is 5.82 Å². The van der Waals surface area contributed by atoms with Crippen molar-refractivity contribution in [3.63, 3.8) is 0 Å². The Balaban J connectivity index is 1.93. The molecule has 3 rings (SSSR count). The highest BCUT2D eigenvalue weighted by Gasteiger charge is 2.32. The molecule has 2 heterocycles. The van der Waals surface area contributed by atoms with E-state index in [1.165, 1.54) is 6.07 Å². The van der Waals surface area contributed by atoms with Crippen LogP contribution in [-0.4, -0.2) is 12.1 Å². The van der Waals surface area contributed by atoms with Gasteiger partial charge in [-0.1, -0.05) is 18.6 Å². The lowest BCUT2D eigenvalue weighted by Crippen LogP contribution is -2.44. The van der Waals surface area contributed by atoms with Crippen LogP contribution in [0.15, 0.2) is 24.3 Å². The first kappa shape index (κ1) is 13.6. The zero-order chi connectivity index (χ0) is 14.3. The zero-order valence-corrected chi connectivity index (χ0v) is 10.8. The van der Waals surface area contributed by atoms with Crippen molar-refractivity contribution in [2.75, 3.05) is 0 Å². The van der Waals surface area contributed by atoms with E-state index in [0.717, 1.165) is 30.9 Å². The number of piperidine rings is 1. The first-order chi connectivity index (χ1) is 9.43. The number of benzene rings is 1. The zero-order valence-electron chi connectivity index (χ0n) is 10.8. The molecule has 1 nitrogen and oxygen atoms in total. The summed E-state index contributed by atoms with van der Waals surface area (Å²) in [5.74, 6) is -0.786. The van der Waals surface area contributed by atoms with Gasteiger partial charge in [0.2, 0.25) is 0 Å². The highest BCUT2D eigenvalue weighted by Crippen LogP contribution is 2.35. The average Bonchev–Trinajstić information content (AvgIpc) is 2.37. The molecule has 0 radical (unpaired) electrons. The van der Waals surface area contributed by atoms with Crippen molar-refractivity contribution >= 4 is 5.57 Å². The first-order valence-corrected chi connectivity index (χ1v) is 6.77. The van der Waals surface area contributed by atoms with E-state index >= 15 is 0 Å². The second-order valence-electron chi connectivity index (χ2n) is 5.49. The van der Waals surface area contributed by atoms with E-state index in [9.17, 15) is 17.6 Å². The third-order valence-electron chi connectivity index (χ3n) is 4.03. The van der Waals surface area contributed by atoms with Crippen LogP contribution in [0.5, 0.6) is 0 Å². The quantitative estimate of drug-likeness (QED) is 0.765. The molecule has 1 fully saturated rings. The summed E-state index contributed by atoms with van der Waals surface area (Å²) < 4.78 is 51.6. The molecule has 0 aromatic heterocycles. The maximum absolute atomic E-state index is 14.0. The summed E-state index contributed by atoms with van der Waals surface area (Å²) in [6.45, 7) is 0. The average molecular weight is 285 g/mol. The normalized spacial score (nSPS) is 26.3. The molecular weight excluding hydrogens is 270 g/mol. The van der Waals surface area contributed by atoms with Crippen molar-refractivity contribution in [2.24, 2.45) is 0 Å². The summed E-state index contributed by atoms with van der Waals surface area (Å²) in [5, 5.41) is 3.43. The van der Waals surface area contributed by atoms with Gasteiger partial charge in [-0.05, 0) is 37.0 Å². The molecule has 2 atom stereocenters. The Morgan fingerprint density at radius 3 is 2.60 bits per heavy atom. The van der Waals surface area contributed by atoms with Gasteiger partial charge in [-0.25, -0.2) is 4.39 Å². The standard InChI is InChI=1S/C15H15F4N/c16-14-8-10(15(17,18)19)4-5-13(14)9-6-11-2-1-3-12(7-9)20-11/h4-6,8,11-12,20H,1-3,7H2. The van der Waals surface area contributed by atoms with Gasteiger partial charge in [0.05, 0.1) is 5.56 Å². The van der Waals surface area contributed by atoms with Gasteiger partial charge in [0, 0.05) is 17.6 Å². The summed E-state index contributed by atoms with van der Waals surface area (Å²) in [6.07, 6.45) is 1.32. The molecule has 2 bridgehead atoms. The third kappa shape index (κ3) is 2.59. The molecule has 0 saturated carbocycles. The van der Waals surface area contributed by atoms with E-state index in [0.29, 0.717) is 24.1 Å². The monoisotopic (exact) mass is 285 g/mol. The first-order valence-electron chi connectivity index (χ1n) is 6.77. The van der Waals surface area contributed by atoms with Crippen LogP contribution in [0.2, 0.25) is 0 Å². The Labute approximate surface area is 114 Å². The molecule has 1 aromatic carbocycles. The van der Waals surface area contributed by atoms with E-state index in [-0.39, 0.29) is 6.04 Å². The van der Waals surface area contributed by atoms with Gasteiger partial charge in [0.15, 0.2) is 0 Å². The molecule has 108 valence electrons. The molecule has 2 aliphatic rings. The fraction of sp³-hybridized carbons (Fsp3) is 0.467. The molecule has 1 aromatic rings. The van der Waals surface area contributed by atoms with Crippen molar-refractivity contribution in [1.29, 1.82) is 0 Å². The van der Waals surface area contributed by atoms with Crippen LogP contribution in [-0.2, 0) is 6.18 Å². The molecule has 1 N–H and O–H groups in total. The minimum atomic E-state index is -4.50. The van der Waals surface area contributed by atoms with E-state index in [1.54, 1.807) is 0 Å². The minimum absolute atomic E-state index is 0.221. The molecule has 0 spiro atoms. The Hall–Kier alpha value is -1.36. The summed E-state index contributed by atoms with van der Waals surface area (Å²) >= 11 is 0. The highest BCUT2D eigenvalue weighted by atomic mass is 19.4. The number of alkyl halides is 3. The van der Waals surface area contributed by atoms with Gasteiger partial charge in [-0.2, -0.15) is 13.2 Å². The summed E-state index contributed by atoms with van der Waals surface area (Å²) in [6, 6.07) is 3.34. The lowest BCUT2D eigenvalue weighted by molar-refractivity contribution is -0.137. The molecular formula is C15H15F4N. The number of fused-ring (bicyclic) bond motifs is 2. The summed E-state index contributed by atoms with van der Waals surface area (Å²) in [7, 11) is 0. The van der Waals surface area contributed by atoms with Crippen molar-refractivity contribution in [3.05, 3.63) is 41.2 Å². The fourth-order valence-electron chi connectivity index (χ4n) is 3.07. The van der Waals surface area contributed by atoms with Crippen LogP contribution in [0, 0.1) is 5.82 Å². The van der Waals surface area contributed by atoms with E-state index in [4.69, 9.17) is 0 Å². The number of rotatable bonds is 1. The van der Waals surface area contributed by atoms with Crippen LogP contribution >= 0.6 is 0 Å². The largest absolute Gasteiger partial charge is 0.416 e. The van der Waals surface area contributed by atoms with Crippen LogP contribution in [0.3, 0.4) is 0 Å². The molecule has 1 saturated heterocycles. The van der Waals surface area contributed by atoms with Crippen LogP contribution < -0.4 is 5.32 Å². The molecule has 20 heavy (non-hydrogen) atoms. The third-order valence-corrected chi connectivity index (χ3v) is 4.03. The van der Waals surface area contributed by atoms with Gasteiger partial charge < -0.3 is 5.32 Å². The molecule has 5 heteroatoms. The minimum Gasteiger partial charge on any atom is -0.307 e. The number of nitrogens with one attached hydrogen (secondary N) is 1. The lowest BCUT2D eigenvalue weighted by atomic mass is 9.84. The van der Waals surface area contributed by atoms with Crippen molar-refractivity contribution in [1.82, 2.24) is 5.32 Å². The highest BCUT2D eigenvalue weighted by molar-refractivity contribution is 5.68. The van der Waals surface area contributed by atoms with Crippen LogP contribution in [0.4, 0.5) is 17.6 Å². The second kappa shape index (κ2) is 4.88. The Morgan fingerprint density at radius 1 is 1.15 bits per heavy atom. The maximum atomic E-state index is 14.0. The lowest BCUT2D eigenvalue weighted by Gasteiger charge is -2.35. The van der Waals surface area contributed by atoms with E-state index < -0.39 is 17.6 Å². The predicted octanol–water partition coefficient (Wildman–Crippen LogP) is 4.14. The van der Waals surface area contributed by atoms with E-state index in [2.05, 4.69) is 5.32 Å². The van der Waals surface area contributed by atoms with Gasteiger partial charge in [-0.15, -0.1) is 0 Å². The Bertz CT molecular complexity index is 547. The van der Waals surface area contributed by atoms with Crippen molar-refractivity contribution in [2.45, 2.75) is 43.9 Å². The number of halogens is 4. The molecule has 0 amide bonds. The molecule has 0 aliphatic carbocycles. The van der Waals surface area contributed by atoms with Crippen molar-refractivity contribution < 1.29 is 17.6 Å². The van der Waals surface area contributed by atoms with Crippen molar-refractivity contribution in [3.8, 4) is 0 Å². The number of hydrogen-bond acceptors (Lipinski definition) is 1. The van der Waals surface area contributed by atoms with Crippen LogP contribution in [0.1, 0.15) is 36.8 Å². The topological polar surface area (TPSA) is 12.0 Å². The van der Waals surface area contributed by atoms with Gasteiger partial charge in [0.25, 0.3) is 0 Å². The molecule has 2 unspecified atom stereocenters. The Kier molecular flexibility index (Phi) is 3.32. The Morgan fingerprint density at radius 2 is 1.95 bits per heavy atom. The SMILES string of the molecule is Fc1cc(C(F)(F)F)ccc1C1=CC2CCCC(C1)N2. The maximum Gasteiger partial charge on any atom is 0.416 e. The van der Waals surface area contributed by atoms with Gasteiger partial charge in [-0.3, -0.25) is 0 Å². The summed E-state index contributed by atoms with van der Waals surface area (Å²) in [5.41, 5.74) is 0.189. The predicted molar refractivity (Wildman–Crippen MR) is 68.6 cm³/mol. The smallest absolute Gasteiger partial charge is 0.307 e. The fourth-order valence-corrected chi connectivity index (χ4v) is 3.07.